The van der Waals surface area contributed by atoms with Gasteiger partial charge in [0.15, 0.2) is 6.61 Å². The summed E-state index contributed by atoms with van der Waals surface area (Å²) in [5.74, 6) is -2.96. The van der Waals surface area contributed by atoms with Crippen LogP contribution in [0, 0.1) is 23.2 Å². The maximum atomic E-state index is 12.2. The first-order chi connectivity index (χ1) is 11.4. The average molecular weight is 333 g/mol. The lowest BCUT2D eigenvalue weighted by molar-refractivity contribution is -0.154. The number of ether oxygens (including phenoxy) is 1. The van der Waals surface area contributed by atoms with Crippen LogP contribution in [-0.2, 0) is 23.9 Å². The summed E-state index contributed by atoms with van der Waals surface area (Å²) in [6.45, 7) is 0.228. The van der Waals surface area contributed by atoms with Crippen LogP contribution in [0.3, 0.4) is 0 Å². The van der Waals surface area contributed by atoms with Gasteiger partial charge in [-0.05, 0) is 19.8 Å². The monoisotopic (exact) mass is 333 g/mol. The molecule has 0 bridgehead atoms. The van der Waals surface area contributed by atoms with Gasteiger partial charge >= 0.3 is 5.97 Å². The largest absolute Gasteiger partial charge is 0.456 e. The summed E-state index contributed by atoms with van der Waals surface area (Å²) in [7, 11) is 0. The molecule has 1 saturated heterocycles. The van der Waals surface area contributed by atoms with E-state index >= 15 is 0 Å². The van der Waals surface area contributed by atoms with Crippen LogP contribution in [0.2, 0.25) is 0 Å². The van der Waals surface area contributed by atoms with E-state index in [1.807, 2.05) is 0 Å². The zero-order valence-corrected chi connectivity index (χ0v) is 13.4. The Balaban J connectivity index is 1.92. The number of rotatable bonds is 5. The first kappa shape index (κ1) is 17.7. The lowest BCUT2D eigenvalue weighted by Crippen LogP contribution is -2.37. The van der Waals surface area contributed by atoms with Gasteiger partial charge in [-0.15, -0.1) is 0 Å². The predicted molar refractivity (Wildman–Crippen MR) is 80.6 cm³/mol. The minimum absolute atomic E-state index is 0.0347. The number of Topliss-reactive ketones (excluding diaryl/α,β-unsaturated/α-hetero) is 1. The summed E-state index contributed by atoms with van der Waals surface area (Å²) in [6, 6.07) is 1.64. The second kappa shape index (κ2) is 7.25. The fraction of sp³-hybridized carbons (Fsp3) is 0.562. The first-order valence-corrected chi connectivity index (χ1v) is 7.77. The zero-order valence-electron chi connectivity index (χ0n) is 13.4. The van der Waals surface area contributed by atoms with Crippen LogP contribution in [-0.4, -0.2) is 41.6 Å². The minimum atomic E-state index is -0.865. The molecule has 0 unspecified atom stereocenters. The normalized spacial score (nSPS) is 24.1. The Labute approximate surface area is 139 Å². The number of hydrogen-bond donors (Lipinski definition) is 1. The molecule has 0 aromatic heterocycles. The van der Waals surface area contributed by atoms with Crippen molar-refractivity contribution in [1.29, 1.82) is 5.26 Å². The van der Waals surface area contributed by atoms with E-state index in [0.717, 1.165) is 17.7 Å². The third kappa shape index (κ3) is 3.45. The number of carbonyl (C=O) groups excluding carboxylic acids is 4. The van der Waals surface area contributed by atoms with Gasteiger partial charge in [-0.1, -0.05) is 12.8 Å². The Morgan fingerprint density at radius 2 is 1.79 bits per heavy atom. The summed E-state index contributed by atoms with van der Waals surface area (Å²) in [5.41, 5.74) is 5.15. The smallest absolute Gasteiger partial charge is 0.326 e. The second-order valence-corrected chi connectivity index (χ2v) is 6.01. The van der Waals surface area contributed by atoms with Crippen molar-refractivity contribution in [3.8, 4) is 6.07 Å². The fourth-order valence-electron chi connectivity index (χ4n) is 3.15. The standard InChI is InChI=1S/C16H19N3O5/c1-9(18)12(6-17)13(20)8-24-14(21)7-19-15(22)10-4-2-3-5-11(10)16(19)23/h10-11H,2-5,7-8,18H2,1H3/b12-9-/t10-,11+. The van der Waals surface area contributed by atoms with Crippen molar-refractivity contribution < 1.29 is 23.9 Å². The van der Waals surface area contributed by atoms with E-state index in [4.69, 9.17) is 15.7 Å². The minimum Gasteiger partial charge on any atom is -0.456 e. The number of nitrogens with two attached hydrogens (primary N) is 1. The van der Waals surface area contributed by atoms with Gasteiger partial charge < -0.3 is 10.5 Å². The number of carbonyl (C=O) groups is 4. The van der Waals surface area contributed by atoms with E-state index < -0.39 is 24.9 Å². The molecule has 0 radical (unpaired) electrons. The third-order valence-electron chi connectivity index (χ3n) is 4.37. The van der Waals surface area contributed by atoms with Crippen LogP contribution < -0.4 is 5.73 Å². The zero-order chi connectivity index (χ0) is 17.9. The molecule has 2 rings (SSSR count). The quantitative estimate of drug-likeness (QED) is 0.325. The first-order valence-electron chi connectivity index (χ1n) is 7.77. The maximum Gasteiger partial charge on any atom is 0.326 e. The SMILES string of the molecule is C/C(N)=C(\C#N)C(=O)COC(=O)CN1C(=O)[C@H]2CCCC[C@H]2C1=O. The van der Waals surface area contributed by atoms with Crippen molar-refractivity contribution in [1.82, 2.24) is 4.90 Å². The van der Waals surface area contributed by atoms with E-state index in [2.05, 4.69) is 0 Å². The van der Waals surface area contributed by atoms with Crippen molar-refractivity contribution in [2.45, 2.75) is 32.6 Å². The lowest BCUT2D eigenvalue weighted by atomic mass is 9.81. The number of nitriles is 1. The summed E-state index contributed by atoms with van der Waals surface area (Å²) in [5, 5.41) is 8.80. The molecular formula is C16H19N3O5. The van der Waals surface area contributed by atoms with Gasteiger partial charge in [0.25, 0.3) is 0 Å². The van der Waals surface area contributed by atoms with Gasteiger partial charge in [0.05, 0.1) is 11.8 Å². The summed E-state index contributed by atoms with van der Waals surface area (Å²) < 4.78 is 4.77. The summed E-state index contributed by atoms with van der Waals surface area (Å²) >= 11 is 0. The lowest BCUT2D eigenvalue weighted by Gasteiger charge is -2.19. The number of imide groups is 1. The van der Waals surface area contributed by atoms with Gasteiger partial charge in [-0.3, -0.25) is 24.1 Å². The number of likely N-dealkylation sites (tertiary alicyclic amines) is 1. The highest BCUT2D eigenvalue weighted by Gasteiger charge is 2.48. The van der Waals surface area contributed by atoms with Crippen molar-refractivity contribution in [2.24, 2.45) is 17.6 Å². The van der Waals surface area contributed by atoms with Crippen LogP contribution in [0.1, 0.15) is 32.6 Å². The molecule has 2 amide bonds. The predicted octanol–water partition coefficient (Wildman–Crippen LogP) is 0.0302. The van der Waals surface area contributed by atoms with Crippen molar-refractivity contribution in [2.75, 3.05) is 13.2 Å². The molecule has 128 valence electrons. The molecule has 2 aliphatic rings. The Morgan fingerprint density at radius 3 is 2.25 bits per heavy atom. The molecule has 1 aliphatic heterocycles. The number of fused-ring (bicyclic) bond motifs is 1. The van der Waals surface area contributed by atoms with Gasteiger partial charge in [-0.25, -0.2) is 0 Å². The molecule has 0 aromatic carbocycles. The van der Waals surface area contributed by atoms with Gasteiger partial charge in [0.1, 0.15) is 18.2 Å². The van der Waals surface area contributed by atoms with Crippen LogP contribution in [0.25, 0.3) is 0 Å². The molecule has 1 heterocycles. The highest BCUT2D eigenvalue weighted by atomic mass is 16.5. The van der Waals surface area contributed by atoms with E-state index in [1.165, 1.54) is 6.92 Å². The Bertz CT molecular complexity index is 633. The summed E-state index contributed by atoms with van der Waals surface area (Å²) in [6.07, 6.45) is 3.11. The molecule has 1 aliphatic carbocycles. The maximum absolute atomic E-state index is 12.2. The molecule has 1 saturated carbocycles. The number of allylic oxidation sites excluding steroid dienone is 1. The van der Waals surface area contributed by atoms with Gasteiger partial charge in [0, 0.05) is 5.70 Å². The number of hydrogen-bond acceptors (Lipinski definition) is 7. The van der Waals surface area contributed by atoms with Crippen LogP contribution >= 0.6 is 0 Å². The number of nitrogens with zero attached hydrogens (tertiary/aromatic N) is 2. The molecule has 0 spiro atoms. The van der Waals surface area contributed by atoms with Crippen LogP contribution in [0.5, 0.6) is 0 Å². The summed E-state index contributed by atoms with van der Waals surface area (Å²) in [4.78, 5) is 48.9. The number of amides is 2. The fourth-order valence-corrected chi connectivity index (χ4v) is 3.15. The van der Waals surface area contributed by atoms with Crippen molar-refractivity contribution >= 4 is 23.6 Å². The molecule has 8 nitrogen and oxygen atoms in total. The van der Waals surface area contributed by atoms with Crippen LogP contribution in [0.15, 0.2) is 11.3 Å². The molecule has 2 fully saturated rings. The molecule has 2 atom stereocenters. The van der Waals surface area contributed by atoms with E-state index in [-0.39, 0.29) is 34.9 Å². The van der Waals surface area contributed by atoms with Gasteiger partial charge in [0.2, 0.25) is 17.6 Å². The van der Waals surface area contributed by atoms with Crippen LogP contribution in [0.4, 0.5) is 0 Å². The van der Waals surface area contributed by atoms with E-state index in [1.54, 1.807) is 6.07 Å². The number of ketones is 1. The second-order valence-electron chi connectivity index (χ2n) is 6.01. The molecular weight excluding hydrogens is 314 g/mol. The highest BCUT2D eigenvalue weighted by molar-refractivity contribution is 6.07. The topological polar surface area (TPSA) is 131 Å². The van der Waals surface area contributed by atoms with Crippen molar-refractivity contribution in [3.63, 3.8) is 0 Å². The molecule has 8 heteroatoms. The van der Waals surface area contributed by atoms with E-state index in [0.29, 0.717) is 12.8 Å². The van der Waals surface area contributed by atoms with Gasteiger partial charge in [-0.2, -0.15) is 5.26 Å². The Kier molecular flexibility index (Phi) is 5.34. The van der Waals surface area contributed by atoms with E-state index in [9.17, 15) is 19.2 Å². The van der Waals surface area contributed by atoms with Crippen molar-refractivity contribution in [3.05, 3.63) is 11.3 Å². The molecule has 0 aromatic rings. The average Bonchev–Trinajstić information content (AvgIpc) is 2.79. The Hall–Kier alpha value is -2.69. The number of esters is 1. The Morgan fingerprint density at radius 1 is 1.25 bits per heavy atom. The highest BCUT2D eigenvalue weighted by Crippen LogP contribution is 2.37. The third-order valence-corrected chi connectivity index (χ3v) is 4.37. The molecule has 2 N–H and O–H groups in total. The molecule has 24 heavy (non-hydrogen) atoms.